The van der Waals surface area contributed by atoms with Gasteiger partial charge in [-0.05, 0) is 27.7 Å². The number of carboxylic acid groups (broad SMARTS) is 2. The first-order chi connectivity index (χ1) is 4.37. The molecule has 0 rings (SSSR count). The summed E-state index contributed by atoms with van der Waals surface area (Å²) in [6.45, 7) is 8.48. The summed E-state index contributed by atoms with van der Waals surface area (Å²) < 4.78 is 0. The van der Waals surface area contributed by atoms with Crippen LogP contribution in [0.25, 0.3) is 0 Å². The van der Waals surface area contributed by atoms with E-state index in [0.29, 0.717) is 0 Å². The smallest absolute Gasteiger partial charge is 0.450 e. The fraction of sp³-hybridized carbons (Fsp3) is 0.571. The maximum absolute atomic E-state index is 8.56. The van der Waals surface area contributed by atoms with Gasteiger partial charge in [0.05, 0.1) is 0 Å². The number of hydrogen-bond acceptors (Lipinski definition) is 1. The van der Waals surface area contributed by atoms with Crippen molar-refractivity contribution in [2.24, 2.45) is 0 Å². The fourth-order valence-electron chi connectivity index (χ4n) is 0. The van der Waals surface area contributed by atoms with Crippen molar-refractivity contribution in [3.63, 3.8) is 0 Å². The quantitative estimate of drug-likeness (QED) is 0.516. The Labute approximate surface area is 61.0 Å². The van der Waals surface area contributed by atoms with Gasteiger partial charge in [0, 0.05) is 0 Å². The van der Waals surface area contributed by atoms with Crippen LogP contribution in [0.15, 0.2) is 11.1 Å². The number of rotatable bonds is 0. The van der Waals surface area contributed by atoms with E-state index in [4.69, 9.17) is 15.0 Å². The Morgan fingerprint density at radius 1 is 0.900 bits per heavy atom. The van der Waals surface area contributed by atoms with Crippen molar-refractivity contribution in [1.82, 2.24) is 0 Å². The summed E-state index contributed by atoms with van der Waals surface area (Å²) in [5.41, 5.74) is 2.85. The van der Waals surface area contributed by atoms with E-state index in [9.17, 15) is 0 Å². The molecule has 3 heteroatoms. The van der Waals surface area contributed by atoms with Crippen LogP contribution in [0, 0.1) is 0 Å². The van der Waals surface area contributed by atoms with Gasteiger partial charge < -0.3 is 10.2 Å². The standard InChI is InChI=1S/C6H12.CH2O3/c1-5(2)6(3)4;2-1(3)4/h1-4H3;(H2,2,3,4). The van der Waals surface area contributed by atoms with Gasteiger partial charge in [-0.1, -0.05) is 11.1 Å². The third-order valence-corrected chi connectivity index (χ3v) is 1.00. The van der Waals surface area contributed by atoms with Crippen molar-refractivity contribution < 1.29 is 15.0 Å². The minimum atomic E-state index is -1.83. The van der Waals surface area contributed by atoms with Crippen LogP contribution in [0.1, 0.15) is 27.7 Å². The van der Waals surface area contributed by atoms with Gasteiger partial charge in [0.1, 0.15) is 0 Å². The fourth-order valence-corrected chi connectivity index (χ4v) is 0. The molecular formula is C7H14O3. The van der Waals surface area contributed by atoms with Crippen molar-refractivity contribution in [2.45, 2.75) is 27.7 Å². The molecule has 0 aliphatic rings. The van der Waals surface area contributed by atoms with Gasteiger partial charge in [-0.2, -0.15) is 0 Å². The summed E-state index contributed by atoms with van der Waals surface area (Å²) in [5, 5.41) is 13.9. The summed E-state index contributed by atoms with van der Waals surface area (Å²) >= 11 is 0. The zero-order chi connectivity index (χ0) is 8.73. The van der Waals surface area contributed by atoms with Crippen LogP contribution in [0.4, 0.5) is 4.79 Å². The lowest BCUT2D eigenvalue weighted by Gasteiger charge is -1.88. The van der Waals surface area contributed by atoms with E-state index in [1.54, 1.807) is 0 Å². The highest BCUT2D eigenvalue weighted by Gasteiger charge is 1.75. The van der Waals surface area contributed by atoms with Crippen molar-refractivity contribution >= 4 is 6.16 Å². The molecule has 3 nitrogen and oxygen atoms in total. The monoisotopic (exact) mass is 146 g/mol. The predicted molar refractivity (Wildman–Crippen MR) is 40.4 cm³/mol. The minimum Gasteiger partial charge on any atom is -0.450 e. The first-order valence-corrected chi connectivity index (χ1v) is 2.90. The summed E-state index contributed by atoms with van der Waals surface area (Å²) in [7, 11) is 0. The topological polar surface area (TPSA) is 57.5 Å². The van der Waals surface area contributed by atoms with Gasteiger partial charge in [0.15, 0.2) is 0 Å². The molecule has 0 unspecified atom stereocenters. The van der Waals surface area contributed by atoms with Crippen LogP contribution in [0.2, 0.25) is 0 Å². The SMILES string of the molecule is CC(C)=C(C)C.O=C(O)O. The second kappa shape index (κ2) is 6.13. The second-order valence-electron chi connectivity index (χ2n) is 2.28. The van der Waals surface area contributed by atoms with E-state index in [1.165, 1.54) is 11.1 Å². The highest BCUT2D eigenvalue weighted by atomic mass is 16.6. The molecule has 0 atom stereocenters. The summed E-state index contributed by atoms with van der Waals surface area (Å²) in [4.78, 5) is 8.56. The van der Waals surface area contributed by atoms with E-state index in [-0.39, 0.29) is 0 Å². The Morgan fingerprint density at radius 3 is 1.00 bits per heavy atom. The second-order valence-corrected chi connectivity index (χ2v) is 2.28. The lowest BCUT2D eigenvalue weighted by atomic mass is 10.2. The molecule has 0 aliphatic carbocycles. The number of hydrogen-bond donors (Lipinski definition) is 2. The largest absolute Gasteiger partial charge is 0.503 e. The molecule has 0 radical (unpaired) electrons. The van der Waals surface area contributed by atoms with Crippen molar-refractivity contribution in [2.75, 3.05) is 0 Å². The van der Waals surface area contributed by atoms with E-state index in [0.717, 1.165) is 0 Å². The first-order valence-electron chi connectivity index (χ1n) is 2.90. The van der Waals surface area contributed by atoms with Gasteiger partial charge in [0.2, 0.25) is 0 Å². The average molecular weight is 146 g/mol. The van der Waals surface area contributed by atoms with Crippen LogP contribution < -0.4 is 0 Å². The van der Waals surface area contributed by atoms with E-state index in [2.05, 4.69) is 27.7 Å². The zero-order valence-corrected chi connectivity index (χ0v) is 6.80. The number of allylic oxidation sites excluding steroid dienone is 2. The van der Waals surface area contributed by atoms with E-state index in [1.807, 2.05) is 0 Å². The third kappa shape index (κ3) is 27.9. The van der Waals surface area contributed by atoms with Crippen LogP contribution >= 0.6 is 0 Å². The maximum atomic E-state index is 8.56. The molecule has 0 saturated carbocycles. The third-order valence-electron chi connectivity index (χ3n) is 1.00. The van der Waals surface area contributed by atoms with Gasteiger partial charge in [0.25, 0.3) is 0 Å². The van der Waals surface area contributed by atoms with Crippen molar-refractivity contribution in [3.05, 3.63) is 11.1 Å². The van der Waals surface area contributed by atoms with Crippen LogP contribution in [-0.4, -0.2) is 16.4 Å². The molecule has 10 heavy (non-hydrogen) atoms. The zero-order valence-electron chi connectivity index (χ0n) is 6.80. The molecule has 0 amide bonds. The molecule has 0 heterocycles. The predicted octanol–water partition coefficient (Wildman–Crippen LogP) is 2.58. The summed E-state index contributed by atoms with van der Waals surface area (Å²) in [6, 6.07) is 0. The molecule has 60 valence electrons. The van der Waals surface area contributed by atoms with Gasteiger partial charge >= 0.3 is 6.16 Å². The van der Waals surface area contributed by atoms with Crippen LogP contribution in [0.3, 0.4) is 0 Å². The Balaban J connectivity index is 0. The summed E-state index contributed by atoms with van der Waals surface area (Å²) in [5.74, 6) is 0. The van der Waals surface area contributed by atoms with E-state index >= 15 is 0 Å². The van der Waals surface area contributed by atoms with Crippen LogP contribution in [0.5, 0.6) is 0 Å². The molecule has 0 saturated heterocycles. The minimum absolute atomic E-state index is 1.43. The van der Waals surface area contributed by atoms with E-state index < -0.39 is 6.16 Å². The molecule has 0 aromatic carbocycles. The van der Waals surface area contributed by atoms with Crippen molar-refractivity contribution in [1.29, 1.82) is 0 Å². The molecule has 0 aliphatic heterocycles. The molecular weight excluding hydrogens is 132 g/mol. The molecule has 0 aromatic rings. The number of carbonyl (C=O) groups is 1. The Morgan fingerprint density at radius 2 is 1.00 bits per heavy atom. The lowest BCUT2D eigenvalue weighted by molar-refractivity contribution is 0.137. The van der Waals surface area contributed by atoms with Gasteiger partial charge in [-0.25, -0.2) is 4.79 Å². The normalized spacial score (nSPS) is 7.20. The lowest BCUT2D eigenvalue weighted by Crippen LogP contribution is -1.81. The highest BCUT2D eigenvalue weighted by molar-refractivity contribution is 5.53. The Hall–Kier alpha value is -0.990. The first kappa shape index (κ1) is 11.8. The van der Waals surface area contributed by atoms with Gasteiger partial charge in [-0.15, -0.1) is 0 Å². The maximum Gasteiger partial charge on any atom is 0.503 e. The summed E-state index contributed by atoms with van der Waals surface area (Å²) in [6.07, 6.45) is -1.83. The highest BCUT2D eigenvalue weighted by Crippen LogP contribution is 1.96. The molecule has 0 aromatic heterocycles. The molecule has 0 spiro atoms. The average Bonchev–Trinajstić information content (AvgIpc) is 1.63. The molecule has 0 fully saturated rings. The Kier molecular flexibility index (Phi) is 7.22. The van der Waals surface area contributed by atoms with Gasteiger partial charge in [-0.3, -0.25) is 0 Å². The molecule has 0 bridgehead atoms. The molecule has 2 N–H and O–H groups in total. The van der Waals surface area contributed by atoms with Crippen molar-refractivity contribution in [3.8, 4) is 0 Å². The van der Waals surface area contributed by atoms with Crippen LogP contribution in [-0.2, 0) is 0 Å². The Bertz CT molecular complexity index is 114.